The van der Waals surface area contributed by atoms with Crippen LogP contribution in [0.4, 0.5) is 0 Å². The standard InChI is InChI=1S/C19H20ClN3/c20-19-6-2-5-18(12-19)15-23-9-7-22(8-10-23)14-17-4-1-3-16(11-17)13-21/h1-6,11-12H,7-10,14-15H2. The summed E-state index contributed by atoms with van der Waals surface area (Å²) in [4.78, 5) is 4.92. The second-order valence-electron chi connectivity index (χ2n) is 5.99. The van der Waals surface area contributed by atoms with Gasteiger partial charge in [-0.2, -0.15) is 5.26 Å². The van der Waals surface area contributed by atoms with Crippen LogP contribution in [-0.4, -0.2) is 36.0 Å². The number of benzene rings is 2. The van der Waals surface area contributed by atoms with Crippen LogP contribution in [0.1, 0.15) is 16.7 Å². The molecule has 1 fully saturated rings. The highest BCUT2D eigenvalue weighted by Crippen LogP contribution is 2.15. The first-order valence-corrected chi connectivity index (χ1v) is 8.29. The summed E-state index contributed by atoms with van der Waals surface area (Å²) in [5, 5.41) is 9.79. The molecule has 0 unspecified atom stereocenters. The van der Waals surface area contributed by atoms with Crippen molar-refractivity contribution in [2.24, 2.45) is 0 Å². The first-order chi connectivity index (χ1) is 11.2. The minimum atomic E-state index is 0.738. The first-order valence-electron chi connectivity index (χ1n) is 7.91. The number of rotatable bonds is 4. The van der Waals surface area contributed by atoms with Crippen LogP contribution in [0, 0.1) is 11.3 Å². The summed E-state index contributed by atoms with van der Waals surface area (Å²) in [6, 6.07) is 18.2. The van der Waals surface area contributed by atoms with E-state index in [2.05, 4.69) is 28.0 Å². The fourth-order valence-electron chi connectivity index (χ4n) is 3.00. The molecule has 3 rings (SSSR count). The molecule has 1 heterocycles. The Labute approximate surface area is 142 Å². The van der Waals surface area contributed by atoms with Crippen molar-refractivity contribution >= 4 is 11.6 Å². The van der Waals surface area contributed by atoms with Gasteiger partial charge in [-0.05, 0) is 35.4 Å². The van der Waals surface area contributed by atoms with Crippen LogP contribution in [0.2, 0.25) is 5.02 Å². The van der Waals surface area contributed by atoms with Crippen molar-refractivity contribution in [3.63, 3.8) is 0 Å². The normalized spacial score (nSPS) is 16.2. The Morgan fingerprint density at radius 3 is 2.00 bits per heavy atom. The lowest BCUT2D eigenvalue weighted by Gasteiger charge is -2.34. The molecule has 0 spiro atoms. The highest BCUT2D eigenvalue weighted by atomic mass is 35.5. The molecule has 3 nitrogen and oxygen atoms in total. The second kappa shape index (κ2) is 7.61. The molecule has 2 aromatic carbocycles. The Bertz CT molecular complexity index is 700. The van der Waals surface area contributed by atoms with E-state index in [4.69, 9.17) is 16.9 Å². The molecule has 0 amide bonds. The molecular weight excluding hydrogens is 306 g/mol. The van der Waals surface area contributed by atoms with E-state index in [9.17, 15) is 0 Å². The van der Waals surface area contributed by atoms with Crippen LogP contribution in [0.3, 0.4) is 0 Å². The van der Waals surface area contributed by atoms with E-state index in [1.54, 1.807) is 0 Å². The molecular formula is C19H20ClN3. The average molecular weight is 326 g/mol. The third kappa shape index (κ3) is 4.56. The average Bonchev–Trinajstić information content (AvgIpc) is 2.57. The van der Waals surface area contributed by atoms with Gasteiger partial charge in [0.15, 0.2) is 0 Å². The Balaban J connectivity index is 1.51. The van der Waals surface area contributed by atoms with Crippen LogP contribution in [0.15, 0.2) is 48.5 Å². The molecule has 0 bridgehead atoms. The fraction of sp³-hybridized carbons (Fsp3) is 0.316. The third-order valence-electron chi connectivity index (χ3n) is 4.22. The van der Waals surface area contributed by atoms with Gasteiger partial charge in [-0.15, -0.1) is 0 Å². The maximum atomic E-state index is 8.98. The van der Waals surface area contributed by atoms with Crippen LogP contribution in [-0.2, 0) is 13.1 Å². The van der Waals surface area contributed by atoms with Gasteiger partial charge in [0.25, 0.3) is 0 Å². The largest absolute Gasteiger partial charge is 0.297 e. The van der Waals surface area contributed by atoms with E-state index in [-0.39, 0.29) is 0 Å². The van der Waals surface area contributed by atoms with Crippen molar-refractivity contribution in [1.82, 2.24) is 9.80 Å². The van der Waals surface area contributed by atoms with Crippen LogP contribution >= 0.6 is 11.6 Å². The minimum absolute atomic E-state index is 0.738. The lowest BCUT2D eigenvalue weighted by atomic mass is 10.1. The van der Waals surface area contributed by atoms with Gasteiger partial charge in [0.2, 0.25) is 0 Å². The zero-order valence-electron chi connectivity index (χ0n) is 13.1. The molecule has 1 aliphatic heterocycles. The van der Waals surface area contributed by atoms with Crippen molar-refractivity contribution in [1.29, 1.82) is 5.26 Å². The molecule has 0 aliphatic carbocycles. The molecule has 4 heteroatoms. The Hall–Kier alpha value is -1.86. The van der Waals surface area contributed by atoms with Gasteiger partial charge < -0.3 is 0 Å². The van der Waals surface area contributed by atoms with E-state index in [1.807, 2.05) is 36.4 Å². The van der Waals surface area contributed by atoms with E-state index >= 15 is 0 Å². The zero-order chi connectivity index (χ0) is 16.1. The molecule has 0 atom stereocenters. The molecule has 0 aromatic heterocycles. The maximum Gasteiger partial charge on any atom is 0.0991 e. The van der Waals surface area contributed by atoms with Crippen LogP contribution in [0.5, 0.6) is 0 Å². The van der Waals surface area contributed by atoms with Gasteiger partial charge in [-0.3, -0.25) is 9.80 Å². The van der Waals surface area contributed by atoms with E-state index in [0.29, 0.717) is 0 Å². The molecule has 0 saturated carbocycles. The van der Waals surface area contributed by atoms with Gasteiger partial charge in [0.1, 0.15) is 0 Å². The summed E-state index contributed by atoms with van der Waals surface area (Å²) in [5.41, 5.74) is 3.22. The SMILES string of the molecule is N#Cc1cccc(CN2CCN(Cc3cccc(Cl)c3)CC2)c1. The van der Waals surface area contributed by atoms with Crippen molar-refractivity contribution < 1.29 is 0 Å². The van der Waals surface area contributed by atoms with E-state index in [0.717, 1.165) is 49.9 Å². The van der Waals surface area contributed by atoms with Gasteiger partial charge >= 0.3 is 0 Å². The molecule has 0 N–H and O–H groups in total. The Kier molecular flexibility index (Phi) is 5.30. The Morgan fingerprint density at radius 2 is 1.43 bits per heavy atom. The number of hydrogen-bond donors (Lipinski definition) is 0. The molecule has 1 aliphatic rings. The van der Waals surface area contributed by atoms with Gasteiger partial charge in [-0.1, -0.05) is 35.9 Å². The zero-order valence-corrected chi connectivity index (χ0v) is 13.8. The third-order valence-corrected chi connectivity index (χ3v) is 4.46. The van der Waals surface area contributed by atoms with Gasteiger partial charge in [0.05, 0.1) is 11.6 Å². The number of nitriles is 1. The van der Waals surface area contributed by atoms with Crippen molar-refractivity contribution in [3.05, 3.63) is 70.2 Å². The first kappa shape index (κ1) is 16.0. The summed E-state index contributed by atoms with van der Waals surface area (Å²) in [5.74, 6) is 0. The molecule has 23 heavy (non-hydrogen) atoms. The van der Waals surface area contributed by atoms with Crippen molar-refractivity contribution in [3.8, 4) is 6.07 Å². The molecule has 0 radical (unpaired) electrons. The van der Waals surface area contributed by atoms with Crippen molar-refractivity contribution in [2.75, 3.05) is 26.2 Å². The summed E-state index contributed by atoms with van der Waals surface area (Å²) < 4.78 is 0. The predicted octanol–water partition coefficient (Wildman–Crippen LogP) is 3.53. The summed E-state index contributed by atoms with van der Waals surface area (Å²) in [7, 11) is 0. The van der Waals surface area contributed by atoms with E-state index in [1.165, 1.54) is 11.1 Å². The smallest absolute Gasteiger partial charge is 0.0991 e. The summed E-state index contributed by atoms with van der Waals surface area (Å²) in [6.45, 7) is 6.10. The quantitative estimate of drug-likeness (QED) is 0.861. The number of halogens is 1. The molecule has 2 aromatic rings. The van der Waals surface area contributed by atoms with E-state index < -0.39 is 0 Å². The maximum absolute atomic E-state index is 8.98. The number of nitrogens with zero attached hydrogens (tertiary/aromatic N) is 3. The minimum Gasteiger partial charge on any atom is -0.297 e. The fourth-order valence-corrected chi connectivity index (χ4v) is 3.21. The molecule has 118 valence electrons. The highest BCUT2D eigenvalue weighted by Gasteiger charge is 2.17. The molecule has 1 saturated heterocycles. The van der Waals surface area contributed by atoms with Gasteiger partial charge in [0, 0.05) is 44.3 Å². The lowest BCUT2D eigenvalue weighted by molar-refractivity contribution is 0.122. The summed E-state index contributed by atoms with van der Waals surface area (Å²) in [6.07, 6.45) is 0. The number of piperazine rings is 1. The van der Waals surface area contributed by atoms with Gasteiger partial charge in [-0.25, -0.2) is 0 Å². The number of hydrogen-bond acceptors (Lipinski definition) is 3. The van der Waals surface area contributed by atoms with Crippen molar-refractivity contribution in [2.45, 2.75) is 13.1 Å². The Morgan fingerprint density at radius 1 is 0.870 bits per heavy atom. The topological polar surface area (TPSA) is 30.3 Å². The predicted molar refractivity (Wildman–Crippen MR) is 93.2 cm³/mol. The monoisotopic (exact) mass is 325 g/mol. The second-order valence-corrected chi connectivity index (χ2v) is 6.43. The van der Waals surface area contributed by atoms with Crippen LogP contribution in [0.25, 0.3) is 0 Å². The summed E-state index contributed by atoms with van der Waals surface area (Å²) >= 11 is 6.05. The lowest BCUT2D eigenvalue weighted by Crippen LogP contribution is -2.45. The highest BCUT2D eigenvalue weighted by molar-refractivity contribution is 6.30. The van der Waals surface area contributed by atoms with Crippen LogP contribution < -0.4 is 0 Å².